The molecule has 1 heterocycles. The Kier molecular flexibility index (Phi) is 8.09. The van der Waals surface area contributed by atoms with E-state index in [1.807, 2.05) is 11.8 Å². The summed E-state index contributed by atoms with van der Waals surface area (Å²) in [5, 5.41) is 0.435. The van der Waals surface area contributed by atoms with Crippen LogP contribution in [0.1, 0.15) is 21.5 Å². The SMILES string of the molecule is Cc1ccc(Cl)cc1N(Cc1ccc(C(=O)N2CCN(c3ccccc3F)CC2)cc1)S(=O)(=O)c1ccccc1. The Hall–Kier alpha value is -3.88. The number of rotatable bonds is 7. The molecule has 0 atom stereocenters. The number of hydrogen-bond donors (Lipinski definition) is 0. The average Bonchev–Trinajstić information content (AvgIpc) is 2.98. The lowest BCUT2D eigenvalue weighted by Crippen LogP contribution is -2.49. The van der Waals surface area contributed by atoms with Crippen LogP contribution in [0, 0.1) is 12.7 Å². The number of nitrogens with zero attached hydrogens (tertiary/aromatic N) is 3. The van der Waals surface area contributed by atoms with Gasteiger partial charge in [-0.1, -0.05) is 60.1 Å². The lowest BCUT2D eigenvalue weighted by atomic mass is 10.1. The minimum atomic E-state index is -3.90. The lowest BCUT2D eigenvalue weighted by molar-refractivity contribution is 0.0746. The van der Waals surface area contributed by atoms with Crippen LogP contribution in [0.25, 0.3) is 0 Å². The summed E-state index contributed by atoms with van der Waals surface area (Å²) in [4.78, 5) is 17.1. The Morgan fingerprint density at radius 3 is 2.20 bits per heavy atom. The number of sulfonamides is 1. The molecule has 6 nitrogen and oxygen atoms in total. The first kappa shape index (κ1) is 27.7. The van der Waals surface area contributed by atoms with E-state index in [-0.39, 0.29) is 23.2 Å². The summed E-state index contributed by atoms with van der Waals surface area (Å²) in [5.74, 6) is -0.381. The third-order valence-electron chi connectivity index (χ3n) is 7.06. The molecule has 206 valence electrons. The van der Waals surface area contributed by atoms with Crippen molar-refractivity contribution in [3.05, 3.63) is 125 Å². The molecule has 1 aliphatic rings. The number of piperazine rings is 1. The second-order valence-corrected chi connectivity index (χ2v) is 12.0. The molecule has 0 spiro atoms. The van der Waals surface area contributed by atoms with Crippen LogP contribution in [-0.4, -0.2) is 45.4 Å². The van der Waals surface area contributed by atoms with Gasteiger partial charge in [0.2, 0.25) is 0 Å². The van der Waals surface area contributed by atoms with Gasteiger partial charge in [-0.3, -0.25) is 9.10 Å². The largest absolute Gasteiger partial charge is 0.366 e. The first-order valence-corrected chi connectivity index (χ1v) is 14.8. The van der Waals surface area contributed by atoms with E-state index in [0.29, 0.717) is 48.1 Å². The number of halogens is 2. The normalized spacial score (nSPS) is 13.8. The van der Waals surface area contributed by atoms with Crippen LogP contribution in [-0.2, 0) is 16.6 Å². The maximum atomic E-state index is 14.2. The van der Waals surface area contributed by atoms with Gasteiger partial charge in [0, 0.05) is 36.8 Å². The van der Waals surface area contributed by atoms with Crippen LogP contribution in [0.2, 0.25) is 5.02 Å². The quantitative estimate of drug-likeness (QED) is 0.264. The van der Waals surface area contributed by atoms with Crippen molar-refractivity contribution in [3.63, 3.8) is 0 Å². The van der Waals surface area contributed by atoms with E-state index < -0.39 is 10.0 Å². The van der Waals surface area contributed by atoms with Gasteiger partial charge in [0.1, 0.15) is 5.82 Å². The monoisotopic (exact) mass is 577 g/mol. The molecule has 4 aromatic carbocycles. The molecule has 9 heteroatoms. The van der Waals surface area contributed by atoms with Gasteiger partial charge in [0.05, 0.1) is 22.8 Å². The number of hydrogen-bond acceptors (Lipinski definition) is 4. The average molecular weight is 578 g/mol. The van der Waals surface area contributed by atoms with Crippen LogP contribution >= 0.6 is 11.6 Å². The molecule has 0 N–H and O–H groups in total. The van der Waals surface area contributed by atoms with E-state index in [0.717, 1.165) is 11.1 Å². The van der Waals surface area contributed by atoms with Crippen molar-refractivity contribution in [2.45, 2.75) is 18.4 Å². The van der Waals surface area contributed by atoms with Gasteiger partial charge in [0.15, 0.2) is 0 Å². The second-order valence-electron chi connectivity index (χ2n) is 9.68. The molecule has 0 aromatic heterocycles. The fourth-order valence-electron chi connectivity index (χ4n) is 4.83. The van der Waals surface area contributed by atoms with Gasteiger partial charge in [-0.15, -0.1) is 0 Å². The molecule has 0 bridgehead atoms. The first-order valence-electron chi connectivity index (χ1n) is 13.0. The minimum Gasteiger partial charge on any atom is -0.366 e. The van der Waals surface area contributed by atoms with Crippen molar-refractivity contribution in [1.29, 1.82) is 0 Å². The zero-order valence-corrected chi connectivity index (χ0v) is 23.6. The molecule has 0 radical (unpaired) electrons. The number of carbonyl (C=O) groups excluding carboxylic acids is 1. The Labute approximate surface area is 239 Å². The molecule has 0 unspecified atom stereocenters. The lowest BCUT2D eigenvalue weighted by Gasteiger charge is -2.36. The van der Waals surface area contributed by atoms with Crippen LogP contribution in [0.3, 0.4) is 0 Å². The van der Waals surface area contributed by atoms with Gasteiger partial charge >= 0.3 is 0 Å². The van der Waals surface area contributed by atoms with Gasteiger partial charge in [-0.2, -0.15) is 0 Å². The van der Waals surface area contributed by atoms with E-state index in [4.69, 9.17) is 11.6 Å². The maximum absolute atomic E-state index is 14.2. The van der Waals surface area contributed by atoms with E-state index >= 15 is 0 Å². The first-order chi connectivity index (χ1) is 19.2. The minimum absolute atomic E-state index is 0.0637. The van der Waals surface area contributed by atoms with Crippen molar-refractivity contribution in [2.24, 2.45) is 0 Å². The maximum Gasteiger partial charge on any atom is 0.264 e. The molecule has 1 amide bonds. The van der Waals surface area contributed by atoms with Crippen molar-refractivity contribution in [3.8, 4) is 0 Å². The van der Waals surface area contributed by atoms with Crippen molar-refractivity contribution < 1.29 is 17.6 Å². The highest BCUT2D eigenvalue weighted by Gasteiger charge is 2.27. The topological polar surface area (TPSA) is 60.9 Å². The number of anilines is 2. The molecular weight excluding hydrogens is 549 g/mol. The van der Waals surface area contributed by atoms with Crippen molar-refractivity contribution in [2.75, 3.05) is 35.4 Å². The number of benzene rings is 4. The van der Waals surface area contributed by atoms with Crippen LogP contribution < -0.4 is 9.21 Å². The van der Waals surface area contributed by atoms with Gasteiger partial charge < -0.3 is 9.80 Å². The summed E-state index contributed by atoms with van der Waals surface area (Å²) in [5.41, 5.74) is 3.04. The predicted octanol–water partition coefficient (Wildman–Crippen LogP) is 6.15. The fourth-order valence-corrected chi connectivity index (χ4v) is 6.53. The molecule has 4 aromatic rings. The predicted molar refractivity (Wildman–Crippen MR) is 157 cm³/mol. The Balaban J connectivity index is 1.33. The second kappa shape index (κ2) is 11.7. The summed E-state index contributed by atoms with van der Waals surface area (Å²) in [6, 6.07) is 27.1. The van der Waals surface area contributed by atoms with Gasteiger partial charge in [-0.05, 0) is 66.6 Å². The van der Waals surface area contributed by atoms with Crippen LogP contribution in [0.15, 0.2) is 102 Å². The molecule has 1 aliphatic heterocycles. The smallest absolute Gasteiger partial charge is 0.264 e. The van der Waals surface area contributed by atoms with E-state index in [1.54, 1.807) is 95.9 Å². The summed E-state index contributed by atoms with van der Waals surface area (Å²) >= 11 is 6.26. The number of carbonyl (C=O) groups is 1. The van der Waals surface area contributed by atoms with Crippen LogP contribution in [0.5, 0.6) is 0 Å². The van der Waals surface area contributed by atoms with Gasteiger partial charge in [0.25, 0.3) is 15.9 Å². The third kappa shape index (κ3) is 5.83. The Morgan fingerprint density at radius 2 is 1.52 bits per heavy atom. The fraction of sp³-hybridized carbons (Fsp3) is 0.194. The van der Waals surface area contributed by atoms with Crippen molar-refractivity contribution in [1.82, 2.24) is 4.90 Å². The van der Waals surface area contributed by atoms with E-state index in [1.165, 1.54) is 10.4 Å². The zero-order chi connectivity index (χ0) is 28.3. The highest BCUT2D eigenvalue weighted by molar-refractivity contribution is 7.92. The highest BCUT2D eigenvalue weighted by Crippen LogP contribution is 2.31. The van der Waals surface area contributed by atoms with Crippen LogP contribution in [0.4, 0.5) is 15.8 Å². The standard InChI is InChI=1S/C31H29ClFN3O3S/c1-23-11-16-26(32)21-30(23)36(40(38,39)27-7-3-2-4-8-27)22-24-12-14-25(15-13-24)31(37)35-19-17-34(18-20-35)29-10-6-5-9-28(29)33/h2-16,21H,17-20,22H2,1H3. The molecule has 5 rings (SSSR count). The molecule has 0 saturated carbocycles. The Morgan fingerprint density at radius 1 is 0.875 bits per heavy atom. The zero-order valence-electron chi connectivity index (χ0n) is 22.0. The summed E-state index contributed by atoms with van der Waals surface area (Å²) in [7, 11) is -3.90. The number of para-hydroxylation sites is 1. The van der Waals surface area contributed by atoms with E-state index in [2.05, 4.69) is 0 Å². The summed E-state index contributed by atoms with van der Waals surface area (Å²) < 4.78 is 43.0. The summed E-state index contributed by atoms with van der Waals surface area (Å²) in [6.45, 7) is 3.94. The Bertz CT molecular complexity index is 1610. The van der Waals surface area contributed by atoms with Gasteiger partial charge in [-0.25, -0.2) is 12.8 Å². The molecule has 40 heavy (non-hydrogen) atoms. The molecule has 1 saturated heterocycles. The number of amides is 1. The highest BCUT2D eigenvalue weighted by atomic mass is 35.5. The van der Waals surface area contributed by atoms with Crippen molar-refractivity contribution >= 4 is 38.9 Å². The summed E-state index contributed by atoms with van der Waals surface area (Å²) in [6.07, 6.45) is 0. The molecular formula is C31H29ClFN3O3S. The molecule has 0 aliphatic carbocycles. The molecule has 1 fully saturated rings. The van der Waals surface area contributed by atoms with E-state index in [9.17, 15) is 17.6 Å². The third-order valence-corrected chi connectivity index (χ3v) is 9.07. The number of aryl methyl sites for hydroxylation is 1.